The summed E-state index contributed by atoms with van der Waals surface area (Å²) in [4.78, 5) is 20.4. The van der Waals surface area contributed by atoms with Crippen molar-refractivity contribution in [3.63, 3.8) is 0 Å². The Bertz CT molecular complexity index is 348. The fourth-order valence-electron chi connectivity index (χ4n) is 0.605. The van der Waals surface area contributed by atoms with Crippen molar-refractivity contribution in [2.75, 3.05) is 0 Å². The molecule has 12 heavy (non-hydrogen) atoms. The first-order chi connectivity index (χ1) is 5.52. The number of hydrogen-bond acceptors (Lipinski definition) is 3. The summed E-state index contributed by atoms with van der Waals surface area (Å²) in [5.74, 6) is -0.594. The number of primary amides is 1. The average Bonchev–Trinajstić information content (AvgIpc) is 2.30. The molecule has 2 N–H and O–H groups in total. The molecule has 0 fully saturated rings. The first kappa shape index (κ1) is 9.44. The SMILES string of the molecule is NC(=O)c1cc([N+](=O)[O-])c(Br)[se]1. The van der Waals surface area contributed by atoms with Crippen molar-refractivity contribution in [1.82, 2.24) is 0 Å². The Morgan fingerprint density at radius 1 is 1.75 bits per heavy atom. The van der Waals surface area contributed by atoms with Crippen LogP contribution in [0, 0.1) is 10.1 Å². The van der Waals surface area contributed by atoms with Gasteiger partial charge in [0.15, 0.2) is 0 Å². The van der Waals surface area contributed by atoms with E-state index >= 15 is 0 Å². The first-order valence-corrected chi connectivity index (χ1v) is 5.26. The molecule has 1 rings (SSSR count). The molecule has 0 aliphatic heterocycles. The molecule has 0 saturated heterocycles. The van der Waals surface area contributed by atoms with E-state index in [1.165, 1.54) is 6.07 Å². The van der Waals surface area contributed by atoms with Crippen LogP contribution in [0.5, 0.6) is 0 Å². The number of hydrogen-bond donors (Lipinski definition) is 1. The summed E-state index contributed by atoms with van der Waals surface area (Å²) in [5, 5.41) is 10.3. The first-order valence-electron chi connectivity index (χ1n) is 2.76. The van der Waals surface area contributed by atoms with Crippen molar-refractivity contribution in [3.05, 3.63) is 24.0 Å². The third-order valence-corrected chi connectivity index (χ3v) is 4.30. The van der Waals surface area contributed by atoms with Crippen molar-refractivity contribution in [2.24, 2.45) is 5.73 Å². The van der Waals surface area contributed by atoms with E-state index in [1.807, 2.05) is 0 Å². The third kappa shape index (κ3) is 1.74. The van der Waals surface area contributed by atoms with Gasteiger partial charge in [-0.3, -0.25) is 0 Å². The van der Waals surface area contributed by atoms with Crippen molar-refractivity contribution in [1.29, 1.82) is 0 Å². The predicted molar refractivity (Wildman–Crippen MR) is 46.3 cm³/mol. The van der Waals surface area contributed by atoms with E-state index in [-0.39, 0.29) is 20.2 Å². The standard InChI is InChI=1S/C5H3BrN2O3Se/c6-4-2(8(10)11)1-3(12-4)5(7)9/h1H,(H2,7,9). The second-order valence-corrected chi connectivity index (χ2v) is 6.07. The Hall–Kier alpha value is -0.651. The molecule has 1 aromatic rings. The van der Waals surface area contributed by atoms with Crippen LogP contribution < -0.4 is 5.73 Å². The van der Waals surface area contributed by atoms with Gasteiger partial charge in [0.1, 0.15) is 0 Å². The van der Waals surface area contributed by atoms with Crippen LogP contribution in [-0.2, 0) is 0 Å². The average molecular weight is 298 g/mol. The molecule has 0 spiro atoms. The second kappa shape index (κ2) is 3.38. The topological polar surface area (TPSA) is 86.2 Å². The van der Waals surface area contributed by atoms with Gasteiger partial charge in [0.25, 0.3) is 0 Å². The Morgan fingerprint density at radius 2 is 2.33 bits per heavy atom. The fourth-order valence-corrected chi connectivity index (χ4v) is 3.24. The van der Waals surface area contributed by atoms with Gasteiger partial charge in [-0.25, -0.2) is 0 Å². The molecule has 1 aromatic heterocycles. The van der Waals surface area contributed by atoms with E-state index < -0.39 is 10.8 Å². The monoisotopic (exact) mass is 298 g/mol. The quantitative estimate of drug-likeness (QED) is 0.490. The van der Waals surface area contributed by atoms with Crippen molar-refractivity contribution in [3.8, 4) is 0 Å². The zero-order chi connectivity index (χ0) is 9.30. The molecule has 0 aliphatic carbocycles. The molecular formula is C5H3BrN2O3Se. The number of nitro groups is 1. The Morgan fingerprint density at radius 3 is 2.58 bits per heavy atom. The summed E-state index contributed by atoms with van der Waals surface area (Å²) in [7, 11) is 0. The van der Waals surface area contributed by atoms with Gasteiger partial charge in [-0.05, 0) is 0 Å². The predicted octanol–water partition coefficient (Wildman–Crippen LogP) is 0.513. The third-order valence-electron chi connectivity index (χ3n) is 1.11. The maximum atomic E-state index is 10.6. The summed E-state index contributed by atoms with van der Waals surface area (Å²) >= 11 is 2.68. The van der Waals surface area contributed by atoms with Crippen molar-refractivity contribution >= 4 is 42.0 Å². The van der Waals surface area contributed by atoms with Crippen LogP contribution in [0.15, 0.2) is 9.41 Å². The molecule has 64 valence electrons. The zero-order valence-electron chi connectivity index (χ0n) is 5.61. The summed E-state index contributed by atoms with van der Waals surface area (Å²) in [6, 6.07) is 1.21. The van der Waals surface area contributed by atoms with E-state index in [9.17, 15) is 14.9 Å². The molecule has 1 heterocycles. The number of nitrogens with two attached hydrogens (primary N) is 1. The molecule has 0 atom stereocenters. The van der Waals surface area contributed by atoms with Gasteiger partial charge in [-0.15, -0.1) is 0 Å². The van der Waals surface area contributed by atoms with Crippen LogP contribution in [0.2, 0.25) is 0 Å². The van der Waals surface area contributed by atoms with Gasteiger partial charge in [0.05, 0.1) is 0 Å². The molecule has 0 aromatic carbocycles. The number of carbonyl (C=O) groups is 1. The van der Waals surface area contributed by atoms with Crippen LogP contribution in [0.4, 0.5) is 5.69 Å². The maximum absolute atomic E-state index is 10.6. The summed E-state index contributed by atoms with van der Waals surface area (Å²) in [6.45, 7) is 0. The van der Waals surface area contributed by atoms with Crippen LogP contribution in [0.25, 0.3) is 0 Å². The van der Waals surface area contributed by atoms with Crippen LogP contribution >= 0.6 is 15.9 Å². The normalized spacial score (nSPS) is 9.75. The van der Waals surface area contributed by atoms with Crippen LogP contribution in [-0.4, -0.2) is 25.3 Å². The minimum absolute atomic E-state index is 0.0659. The Balaban J connectivity index is 3.17. The van der Waals surface area contributed by atoms with Gasteiger partial charge in [0, 0.05) is 0 Å². The minimum atomic E-state index is -0.594. The number of carbonyl (C=O) groups excluding carboxylic acids is 1. The number of amides is 1. The molecule has 7 heteroatoms. The molecule has 0 bridgehead atoms. The van der Waals surface area contributed by atoms with Crippen molar-refractivity contribution < 1.29 is 9.72 Å². The molecule has 0 saturated carbocycles. The molecular weight excluding hydrogens is 295 g/mol. The van der Waals surface area contributed by atoms with E-state index in [4.69, 9.17) is 5.73 Å². The number of rotatable bonds is 2. The summed E-state index contributed by atoms with van der Waals surface area (Å²) in [5.41, 5.74) is 4.89. The molecule has 1 amide bonds. The fraction of sp³-hybridized carbons (Fsp3) is 0. The van der Waals surface area contributed by atoms with E-state index in [1.54, 1.807) is 0 Å². The van der Waals surface area contributed by atoms with Gasteiger partial charge >= 0.3 is 81.4 Å². The van der Waals surface area contributed by atoms with Crippen molar-refractivity contribution in [2.45, 2.75) is 0 Å². The van der Waals surface area contributed by atoms with Gasteiger partial charge in [0.2, 0.25) is 0 Å². The molecule has 0 unspecified atom stereocenters. The molecule has 0 aliphatic rings. The molecule has 0 radical (unpaired) electrons. The zero-order valence-corrected chi connectivity index (χ0v) is 8.91. The molecule has 5 nitrogen and oxygen atoms in total. The Kier molecular flexibility index (Phi) is 2.66. The Labute approximate surface area is 81.6 Å². The summed E-state index contributed by atoms with van der Waals surface area (Å²) < 4.78 is 0.773. The van der Waals surface area contributed by atoms with E-state index in [2.05, 4.69) is 15.9 Å². The number of halogens is 1. The van der Waals surface area contributed by atoms with E-state index in [0.717, 1.165) is 0 Å². The number of nitrogens with zero attached hydrogens (tertiary/aromatic N) is 1. The second-order valence-electron chi connectivity index (χ2n) is 1.89. The van der Waals surface area contributed by atoms with E-state index in [0.29, 0.717) is 7.78 Å². The van der Waals surface area contributed by atoms with Crippen LogP contribution in [0.3, 0.4) is 0 Å². The van der Waals surface area contributed by atoms with Gasteiger partial charge in [-0.2, -0.15) is 0 Å². The van der Waals surface area contributed by atoms with Crippen LogP contribution in [0.1, 0.15) is 9.23 Å². The van der Waals surface area contributed by atoms with Gasteiger partial charge < -0.3 is 0 Å². The summed E-state index contributed by atoms with van der Waals surface area (Å²) in [6.07, 6.45) is 0. The van der Waals surface area contributed by atoms with Gasteiger partial charge in [-0.1, -0.05) is 0 Å².